The fourth-order valence-electron chi connectivity index (χ4n) is 3.35. The Morgan fingerprint density at radius 2 is 1.84 bits per heavy atom. The highest BCUT2D eigenvalue weighted by Crippen LogP contribution is 2.20. The van der Waals surface area contributed by atoms with Crippen LogP contribution in [0.25, 0.3) is 11.4 Å². The number of aryl methyl sites for hydroxylation is 1. The molecule has 1 N–H and O–H groups in total. The van der Waals surface area contributed by atoms with Crippen molar-refractivity contribution < 1.29 is 9.32 Å². The number of benzene rings is 2. The molecular weight excluding hydrogens is 388 g/mol. The summed E-state index contributed by atoms with van der Waals surface area (Å²) in [5.41, 5.74) is 3.49. The number of carbonyl (C=O) groups excluding carboxylic acids is 1. The predicted molar refractivity (Wildman–Crippen MR) is 123 cm³/mol. The van der Waals surface area contributed by atoms with Crippen molar-refractivity contribution >= 4 is 5.91 Å². The van der Waals surface area contributed by atoms with Gasteiger partial charge in [-0.25, -0.2) is 0 Å². The summed E-state index contributed by atoms with van der Waals surface area (Å²) in [7, 11) is 2.10. The smallest absolute Gasteiger partial charge is 0.227 e. The van der Waals surface area contributed by atoms with Gasteiger partial charge < -0.3 is 14.7 Å². The number of hydrogen-bond donors (Lipinski definition) is 1. The molecule has 3 rings (SSSR count). The maximum atomic E-state index is 12.1. The Labute approximate surface area is 184 Å². The number of nitrogens with zero attached hydrogens (tertiary/aromatic N) is 3. The van der Waals surface area contributed by atoms with Crippen molar-refractivity contribution in [2.24, 2.45) is 0 Å². The van der Waals surface area contributed by atoms with Gasteiger partial charge in [-0.15, -0.1) is 0 Å². The van der Waals surface area contributed by atoms with Crippen LogP contribution in [0.4, 0.5) is 0 Å². The molecule has 0 spiro atoms. The summed E-state index contributed by atoms with van der Waals surface area (Å²) in [5.74, 6) is 1.54. The molecule has 0 fully saturated rings. The van der Waals surface area contributed by atoms with Crippen LogP contribution >= 0.6 is 0 Å². The van der Waals surface area contributed by atoms with Crippen LogP contribution in [0.2, 0.25) is 0 Å². The van der Waals surface area contributed by atoms with E-state index in [1.165, 1.54) is 11.1 Å². The molecule has 31 heavy (non-hydrogen) atoms. The van der Waals surface area contributed by atoms with Crippen molar-refractivity contribution in [1.82, 2.24) is 20.4 Å². The standard InChI is InChI=1S/C25H32N4O2/c1-19(2)21-10-12-22(13-11-21)25-27-24(31-28-25)15-14-23(30)26-16-7-17-29(3)18-20-8-5-4-6-9-20/h4-6,8-13,19H,7,14-18H2,1-3H3,(H,26,30). The average Bonchev–Trinajstić information content (AvgIpc) is 3.25. The second-order valence-corrected chi connectivity index (χ2v) is 8.22. The zero-order valence-electron chi connectivity index (χ0n) is 18.7. The van der Waals surface area contributed by atoms with Crippen LogP contribution in [-0.4, -0.2) is 41.1 Å². The Morgan fingerprint density at radius 3 is 2.55 bits per heavy atom. The summed E-state index contributed by atoms with van der Waals surface area (Å²) in [4.78, 5) is 18.8. The molecule has 0 aliphatic carbocycles. The van der Waals surface area contributed by atoms with Crippen molar-refractivity contribution in [1.29, 1.82) is 0 Å². The second kappa shape index (κ2) is 11.4. The Kier molecular flexibility index (Phi) is 8.35. The summed E-state index contributed by atoms with van der Waals surface area (Å²) >= 11 is 0. The maximum Gasteiger partial charge on any atom is 0.227 e. The van der Waals surface area contributed by atoms with Gasteiger partial charge in [0.2, 0.25) is 17.6 Å². The van der Waals surface area contributed by atoms with Crippen molar-refractivity contribution in [2.45, 2.75) is 45.6 Å². The van der Waals surface area contributed by atoms with E-state index >= 15 is 0 Å². The molecule has 1 heterocycles. The van der Waals surface area contributed by atoms with E-state index < -0.39 is 0 Å². The SMILES string of the molecule is CC(C)c1ccc(-c2noc(CCC(=O)NCCCN(C)Cc3ccccc3)n2)cc1. The fraction of sp³-hybridized carbons (Fsp3) is 0.400. The molecule has 3 aromatic rings. The molecule has 6 nitrogen and oxygen atoms in total. The number of rotatable bonds is 11. The van der Waals surface area contributed by atoms with E-state index in [0.717, 1.165) is 25.1 Å². The number of aromatic nitrogens is 2. The van der Waals surface area contributed by atoms with E-state index in [1.807, 2.05) is 18.2 Å². The lowest BCUT2D eigenvalue weighted by Gasteiger charge is -2.16. The topological polar surface area (TPSA) is 71.3 Å². The Bertz CT molecular complexity index is 936. The van der Waals surface area contributed by atoms with E-state index in [0.29, 0.717) is 37.0 Å². The largest absolute Gasteiger partial charge is 0.356 e. The molecule has 0 atom stereocenters. The van der Waals surface area contributed by atoms with Gasteiger partial charge in [-0.3, -0.25) is 4.79 Å². The summed E-state index contributed by atoms with van der Waals surface area (Å²) < 4.78 is 5.31. The first-order valence-electron chi connectivity index (χ1n) is 10.9. The van der Waals surface area contributed by atoms with Gasteiger partial charge >= 0.3 is 0 Å². The van der Waals surface area contributed by atoms with Gasteiger partial charge in [0.15, 0.2) is 0 Å². The molecular formula is C25H32N4O2. The third kappa shape index (κ3) is 7.33. The van der Waals surface area contributed by atoms with Gasteiger partial charge in [0.05, 0.1) is 0 Å². The van der Waals surface area contributed by atoms with Crippen molar-refractivity contribution in [3.63, 3.8) is 0 Å². The number of carbonyl (C=O) groups is 1. The first-order valence-corrected chi connectivity index (χ1v) is 10.9. The van der Waals surface area contributed by atoms with Gasteiger partial charge in [-0.05, 0) is 37.1 Å². The summed E-state index contributed by atoms with van der Waals surface area (Å²) in [6.45, 7) is 6.83. The van der Waals surface area contributed by atoms with E-state index in [1.54, 1.807) is 0 Å². The Hall–Kier alpha value is -2.99. The van der Waals surface area contributed by atoms with Crippen LogP contribution in [0, 0.1) is 0 Å². The monoisotopic (exact) mass is 420 g/mol. The Morgan fingerprint density at radius 1 is 1.10 bits per heavy atom. The van der Waals surface area contributed by atoms with Crippen LogP contribution < -0.4 is 5.32 Å². The van der Waals surface area contributed by atoms with E-state index in [2.05, 4.69) is 77.7 Å². The molecule has 0 aliphatic heterocycles. The van der Waals surface area contributed by atoms with Gasteiger partial charge in [-0.2, -0.15) is 4.98 Å². The second-order valence-electron chi connectivity index (χ2n) is 8.22. The zero-order chi connectivity index (χ0) is 22.1. The summed E-state index contributed by atoms with van der Waals surface area (Å²) in [5, 5.41) is 7.02. The van der Waals surface area contributed by atoms with E-state index in [-0.39, 0.29) is 5.91 Å². The molecule has 164 valence electrons. The van der Waals surface area contributed by atoms with E-state index in [9.17, 15) is 4.79 Å². The fourth-order valence-corrected chi connectivity index (χ4v) is 3.35. The third-order valence-electron chi connectivity index (χ3n) is 5.20. The minimum Gasteiger partial charge on any atom is -0.356 e. The molecule has 1 aromatic heterocycles. The molecule has 1 amide bonds. The molecule has 0 saturated carbocycles. The number of nitrogens with one attached hydrogen (secondary N) is 1. The van der Waals surface area contributed by atoms with Crippen molar-refractivity contribution in [3.8, 4) is 11.4 Å². The lowest BCUT2D eigenvalue weighted by atomic mass is 10.0. The van der Waals surface area contributed by atoms with Gasteiger partial charge in [-0.1, -0.05) is 73.6 Å². The van der Waals surface area contributed by atoms with Gasteiger partial charge in [0, 0.05) is 31.5 Å². The third-order valence-corrected chi connectivity index (χ3v) is 5.20. The van der Waals surface area contributed by atoms with Crippen LogP contribution in [0.5, 0.6) is 0 Å². The molecule has 0 aliphatic rings. The number of hydrogen-bond acceptors (Lipinski definition) is 5. The minimum atomic E-state index is 0.00625. The molecule has 0 unspecified atom stereocenters. The normalized spacial score (nSPS) is 11.3. The molecule has 0 saturated heterocycles. The van der Waals surface area contributed by atoms with Crippen LogP contribution in [0.15, 0.2) is 59.1 Å². The zero-order valence-corrected chi connectivity index (χ0v) is 18.7. The maximum absolute atomic E-state index is 12.1. The first kappa shape index (κ1) is 22.7. The van der Waals surface area contributed by atoms with Crippen LogP contribution in [-0.2, 0) is 17.8 Å². The summed E-state index contributed by atoms with van der Waals surface area (Å²) in [6.07, 6.45) is 1.69. The first-order chi connectivity index (χ1) is 15.0. The van der Waals surface area contributed by atoms with E-state index in [4.69, 9.17) is 4.52 Å². The van der Waals surface area contributed by atoms with Crippen LogP contribution in [0.1, 0.15) is 49.6 Å². The lowest BCUT2D eigenvalue weighted by Crippen LogP contribution is -2.28. The van der Waals surface area contributed by atoms with Gasteiger partial charge in [0.1, 0.15) is 0 Å². The number of amides is 1. The molecule has 2 aromatic carbocycles. The minimum absolute atomic E-state index is 0.00625. The molecule has 6 heteroatoms. The van der Waals surface area contributed by atoms with Crippen LogP contribution in [0.3, 0.4) is 0 Å². The highest BCUT2D eigenvalue weighted by molar-refractivity contribution is 5.76. The predicted octanol–water partition coefficient (Wildman–Crippen LogP) is 4.43. The lowest BCUT2D eigenvalue weighted by molar-refractivity contribution is -0.121. The average molecular weight is 421 g/mol. The molecule has 0 bridgehead atoms. The highest BCUT2D eigenvalue weighted by Gasteiger charge is 2.11. The van der Waals surface area contributed by atoms with Crippen molar-refractivity contribution in [3.05, 3.63) is 71.6 Å². The van der Waals surface area contributed by atoms with Crippen molar-refractivity contribution in [2.75, 3.05) is 20.1 Å². The Balaban J connectivity index is 1.34. The highest BCUT2D eigenvalue weighted by atomic mass is 16.5. The summed E-state index contributed by atoms with van der Waals surface area (Å²) in [6, 6.07) is 18.6. The quantitative estimate of drug-likeness (QED) is 0.465. The van der Waals surface area contributed by atoms with Gasteiger partial charge in [0.25, 0.3) is 0 Å². The molecule has 0 radical (unpaired) electrons.